The summed E-state index contributed by atoms with van der Waals surface area (Å²) in [6, 6.07) is 38.0. The fourth-order valence-corrected chi connectivity index (χ4v) is 6.62. The third kappa shape index (κ3) is 8.06. The van der Waals surface area contributed by atoms with Crippen molar-refractivity contribution in [1.82, 2.24) is 10.3 Å². The van der Waals surface area contributed by atoms with E-state index in [1.807, 2.05) is 79.9 Å². The molecule has 9 heteroatoms. The minimum absolute atomic E-state index is 0.107. The highest BCUT2D eigenvalue weighted by Gasteiger charge is 2.19. The molecule has 0 aliphatic rings. The van der Waals surface area contributed by atoms with Gasteiger partial charge in [0.1, 0.15) is 5.70 Å². The van der Waals surface area contributed by atoms with E-state index in [1.54, 1.807) is 42.5 Å². The number of aryl methyl sites for hydroxylation is 1. The van der Waals surface area contributed by atoms with Crippen molar-refractivity contribution in [2.45, 2.75) is 24.0 Å². The Morgan fingerprint density at radius 2 is 1.54 bits per heavy atom. The van der Waals surface area contributed by atoms with Crippen LogP contribution in [0.15, 0.2) is 137 Å². The molecule has 48 heavy (non-hydrogen) atoms. The van der Waals surface area contributed by atoms with Gasteiger partial charge >= 0.3 is 0 Å². The summed E-state index contributed by atoms with van der Waals surface area (Å²) in [6.45, 7) is 3.77. The molecular formula is C39H32N4O3S2. The Morgan fingerprint density at radius 3 is 2.35 bits per heavy atom. The summed E-state index contributed by atoms with van der Waals surface area (Å²) in [5.74, 6) is -1.04. The molecule has 1 heterocycles. The van der Waals surface area contributed by atoms with E-state index in [4.69, 9.17) is 0 Å². The lowest BCUT2D eigenvalue weighted by Crippen LogP contribution is -2.30. The number of thiazole rings is 1. The number of hydrogen-bond donors (Lipinski definition) is 3. The van der Waals surface area contributed by atoms with E-state index in [1.165, 1.54) is 23.1 Å². The highest BCUT2D eigenvalue weighted by Crippen LogP contribution is 2.30. The van der Waals surface area contributed by atoms with Gasteiger partial charge in [0.2, 0.25) is 5.91 Å². The first kappa shape index (κ1) is 32.4. The van der Waals surface area contributed by atoms with Crippen LogP contribution in [0, 0.1) is 6.92 Å². The molecule has 0 aliphatic carbocycles. The van der Waals surface area contributed by atoms with Gasteiger partial charge in [0.15, 0.2) is 5.13 Å². The molecule has 6 aromatic rings. The van der Waals surface area contributed by atoms with Crippen molar-refractivity contribution in [1.29, 1.82) is 0 Å². The van der Waals surface area contributed by atoms with Crippen LogP contribution in [0.5, 0.6) is 0 Å². The highest BCUT2D eigenvalue weighted by atomic mass is 32.2. The zero-order valence-corrected chi connectivity index (χ0v) is 27.9. The van der Waals surface area contributed by atoms with Crippen LogP contribution in [-0.2, 0) is 9.59 Å². The number of aromatic nitrogens is 1. The smallest absolute Gasteiger partial charge is 0.272 e. The summed E-state index contributed by atoms with van der Waals surface area (Å²) in [6.07, 6.45) is 1.67. The summed E-state index contributed by atoms with van der Waals surface area (Å²) in [4.78, 5) is 45.1. The number of nitrogens with zero attached hydrogens (tertiary/aromatic N) is 1. The predicted octanol–water partition coefficient (Wildman–Crippen LogP) is 8.80. The maximum atomic E-state index is 13.5. The standard InChI is InChI=1S/C39H32N4O3S2/c1-25-11-6-7-15-29(25)22-34(41-37(45)28-13-4-3-5-14-28)38(46)40-32-17-10-18-33(23-32)48-26(2)36(44)43-39-42-35(24-47-39)31-20-19-27-12-8-9-16-30(27)21-31/h3-24,26H,1-2H3,(H,40,46)(H,41,45)(H,42,43,44)/b34-22-. The first-order valence-corrected chi connectivity index (χ1v) is 17.1. The number of rotatable bonds is 10. The van der Waals surface area contributed by atoms with Crippen LogP contribution in [0.3, 0.4) is 0 Å². The van der Waals surface area contributed by atoms with Crippen molar-refractivity contribution < 1.29 is 14.4 Å². The number of amides is 3. The number of benzene rings is 5. The topological polar surface area (TPSA) is 100 Å². The SMILES string of the molecule is Cc1ccccc1/C=C(\NC(=O)c1ccccc1)C(=O)Nc1cccc(SC(C)C(=O)Nc2nc(-c3ccc4ccccc4c3)cs2)c1. The van der Waals surface area contributed by atoms with Gasteiger partial charge in [-0.2, -0.15) is 0 Å². The molecule has 0 fully saturated rings. The van der Waals surface area contributed by atoms with Crippen molar-refractivity contribution in [3.8, 4) is 11.3 Å². The molecule has 3 amide bonds. The Bertz CT molecular complexity index is 2140. The summed E-state index contributed by atoms with van der Waals surface area (Å²) in [5, 5.41) is 12.9. The van der Waals surface area contributed by atoms with Crippen molar-refractivity contribution in [2.75, 3.05) is 10.6 Å². The fraction of sp³-hybridized carbons (Fsp3) is 0.0769. The van der Waals surface area contributed by atoms with Crippen LogP contribution in [-0.4, -0.2) is 28.0 Å². The second-order valence-electron chi connectivity index (χ2n) is 11.1. The van der Waals surface area contributed by atoms with Crippen molar-refractivity contribution >= 4 is 68.5 Å². The van der Waals surface area contributed by atoms with Crippen molar-refractivity contribution in [3.05, 3.63) is 149 Å². The predicted molar refractivity (Wildman–Crippen MR) is 197 cm³/mol. The van der Waals surface area contributed by atoms with E-state index in [9.17, 15) is 14.4 Å². The van der Waals surface area contributed by atoms with Crippen LogP contribution < -0.4 is 16.0 Å². The molecule has 0 saturated carbocycles. The monoisotopic (exact) mass is 668 g/mol. The maximum absolute atomic E-state index is 13.5. The molecule has 5 aromatic carbocycles. The molecule has 0 radical (unpaired) electrons. The van der Waals surface area contributed by atoms with Gasteiger partial charge in [-0.3, -0.25) is 14.4 Å². The summed E-state index contributed by atoms with van der Waals surface area (Å²) in [5.41, 5.74) is 4.64. The van der Waals surface area contributed by atoms with Gasteiger partial charge < -0.3 is 16.0 Å². The van der Waals surface area contributed by atoms with E-state index < -0.39 is 11.2 Å². The van der Waals surface area contributed by atoms with Crippen LogP contribution in [0.1, 0.15) is 28.4 Å². The lowest BCUT2D eigenvalue weighted by Gasteiger charge is -2.14. The Kier molecular flexibility index (Phi) is 10.1. The number of thioether (sulfide) groups is 1. The molecule has 6 rings (SSSR count). The molecule has 238 valence electrons. The number of carbonyl (C=O) groups is 3. The lowest BCUT2D eigenvalue weighted by atomic mass is 10.1. The van der Waals surface area contributed by atoms with Crippen LogP contribution >= 0.6 is 23.1 Å². The minimum Gasteiger partial charge on any atom is -0.321 e. The average Bonchev–Trinajstić information content (AvgIpc) is 3.57. The lowest BCUT2D eigenvalue weighted by molar-refractivity contribution is -0.115. The molecule has 3 N–H and O–H groups in total. The number of hydrogen-bond acceptors (Lipinski definition) is 6. The Morgan fingerprint density at radius 1 is 0.792 bits per heavy atom. The summed E-state index contributed by atoms with van der Waals surface area (Å²) in [7, 11) is 0. The molecule has 1 aromatic heterocycles. The van der Waals surface area contributed by atoms with Gasteiger partial charge in [-0.25, -0.2) is 4.98 Å². The Labute approximate surface area is 287 Å². The zero-order valence-electron chi connectivity index (χ0n) is 26.3. The maximum Gasteiger partial charge on any atom is 0.272 e. The van der Waals surface area contributed by atoms with E-state index in [0.29, 0.717) is 16.4 Å². The molecule has 0 aliphatic heterocycles. The number of anilines is 2. The third-order valence-corrected chi connectivity index (χ3v) is 9.42. The van der Waals surface area contributed by atoms with Gasteiger partial charge in [0.05, 0.1) is 10.9 Å². The molecule has 1 atom stereocenters. The normalized spacial score (nSPS) is 11.9. The largest absolute Gasteiger partial charge is 0.321 e. The third-order valence-electron chi connectivity index (χ3n) is 7.57. The summed E-state index contributed by atoms with van der Waals surface area (Å²) >= 11 is 2.75. The van der Waals surface area contributed by atoms with E-state index in [2.05, 4.69) is 45.2 Å². The van der Waals surface area contributed by atoms with Crippen LogP contribution in [0.25, 0.3) is 28.1 Å². The quantitative estimate of drug-likeness (QED) is 0.100. The molecule has 1 unspecified atom stereocenters. The van der Waals surface area contributed by atoms with Gasteiger partial charge in [0.25, 0.3) is 11.8 Å². The number of carbonyl (C=O) groups excluding carboxylic acids is 3. The Hall–Kier alpha value is -5.51. The summed E-state index contributed by atoms with van der Waals surface area (Å²) < 4.78 is 0. The van der Waals surface area contributed by atoms with Gasteiger partial charge in [-0.15, -0.1) is 23.1 Å². The van der Waals surface area contributed by atoms with Crippen molar-refractivity contribution in [2.24, 2.45) is 0 Å². The van der Waals surface area contributed by atoms with Crippen molar-refractivity contribution in [3.63, 3.8) is 0 Å². The minimum atomic E-state index is -0.471. The molecule has 0 spiro atoms. The van der Waals surface area contributed by atoms with Gasteiger partial charge in [-0.05, 0) is 78.2 Å². The molecule has 0 saturated heterocycles. The highest BCUT2D eigenvalue weighted by molar-refractivity contribution is 8.00. The second kappa shape index (κ2) is 14.9. The van der Waals surface area contributed by atoms with Crippen LogP contribution in [0.4, 0.5) is 10.8 Å². The van der Waals surface area contributed by atoms with E-state index in [0.717, 1.165) is 38.1 Å². The Balaban J connectivity index is 1.11. The van der Waals surface area contributed by atoms with E-state index >= 15 is 0 Å². The van der Waals surface area contributed by atoms with Gasteiger partial charge in [-0.1, -0.05) is 84.9 Å². The number of nitrogens with one attached hydrogen (secondary N) is 3. The molecule has 0 bridgehead atoms. The zero-order chi connectivity index (χ0) is 33.5. The van der Waals surface area contributed by atoms with Gasteiger partial charge in [0, 0.05) is 27.1 Å². The molecular weight excluding hydrogens is 637 g/mol. The first-order valence-electron chi connectivity index (χ1n) is 15.3. The fourth-order valence-electron chi connectivity index (χ4n) is 4.97. The number of fused-ring (bicyclic) bond motifs is 1. The first-order chi connectivity index (χ1) is 23.3. The second-order valence-corrected chi connectivity index (χ2v) is 13.3. The van der Waals surface area contributed by atoms with E-state index in [-0.39, 0.29) is 17.5 Å². The van der Waals surface area contributed by atoms with Crippen LogP contribution in [0.2, 0.25) is 0 Å². The molecule has 7 nitrogen and oxygen atoms in total. The average molecular weight is 669 g/mol.